The number of nitrogens with zero attached hydrogens (tertiary/aromatic N) is 2. The Labute approximate surface area is 159 Å². The van der Waals surface area contributed by atoms with E-state index in [1.807, 2.05) is 29.6 Å². The highest BCUT2D eigenvalue weighted by atomic mass is 32.1. The third-order valence-electron chi connectivity index (χ3n) is 4.45. The molecular weight excluding hydrogens is 364 g/mol. The van der Waals surface area contributed by atoms with Crippen LogP contribution in [0, 0.1) is 11.3 Å². The van der Waals surface area contributed by atoms with Gasteiger partial charge in [-0.05, 0) is 17.5 Å². The number of aromatic nitrogens is 2. The average molecular weight is 380 g/mol. The van der Waals surface area contributed by atoms with Crippen molar-refractivity contribution in [1.29, 1.82) is 5.26 Å². The van der Waals surface area contributed by atoms with Crippen LogP contribution in [0.4, 0.5) is 0 Å². The first-order chi connectivity index (χ1) is 13.2. The summed E-state index contributed by atoms with van der Waals surface area (Å²) in [6.45, 7) is 0. The number of benzene rings is 1. The normalized spacial score (nSPS) is 15.7. The first kappa shape index (κ1) is 17.0. The predicted molar refractivity (Wildman–Crippen MR) is 101 cm³/mol. The number of hydrogen-bond donors (Lipinski definition) is 2. The van der Waals surface area contributed by atoms with Crippen molar-refractivity contribution in [1.82, 2.24) is 10.2 Å². The zero-order chi connectivity index (χ0) is 19.0. The van der Waals surface area contributed by atoms with Crippen molar-refractivity contribution >= 4 is 11.3 Å². The molecule has 2 aromatic heterocycles. The van der Waals surface area contributed by atoms with Gasteiger partial charge < -0.3 is 19.9 Å². The van der Waals surface area contributed by atoms with E-state index in [9.17, 15) is 5.26 Å². The Balaban J connectivity index is 2.01. The van der Waals surface area contributed by atoms with Crippen LogP contribution in [0.2, 0.25) is 0 Å². The van der Waals surface area contributed by atoms with Gasteiger partial charge >= 0.3 is 0 Å². The predicted octanol–water partition coefficient (Wildman–Crippen LogP) is 3.37. The number of fused-ring (bicyclic) bond motifs is 1. The lowest BCUT2D eigenvalue weighted by molar-refractivity contribution is 0.348. The number of H-pyrrole nitrogens is 1. The van der Waals surface area contributed by atoms with E-state index < -0.39 is 5.92 Å². The number of methoxy groups -OCH3 is 2. The van der Waals surface area contributed by atoms with Crippen LogP contribution in [0.25, 0.3) is 10.6 Å². The molecule has 3 N–H and O–H groups in total. The quantitative estimate of drug-likeness (QED) is 0.719. The summed E-state index contributed by atoms with van der Waals surface area (Å²) in [6, 6.07) is 11.7. The third kappa shape index (κ3) is 2.60. The number of allylic oxidation sites excluding steroid dienone is 1. The summed E-state index contributed by atoms with van der Waals surface area (Å²) in [4.78, 5) is 0.983. The second-order valence-electron chi connectivity index (χ2n) is 5.80. The molecule has 136 valence electrons. The molecule has 27 heavy (non-hydrogen) atoms. The van der Waals surface area contributed by atoms with Gasteiger partial charge in [-0.15, -0.1) is 16.4 Å². The number of nitrogens with two attached hydrogens (primary N) is 1. The van der Waals surface area contributed by atoms with Crippen LogP contribution in [-0.4, -0.2) is 24.4 Å². The molecule has 8 heteroatoms. The second-order valence-corrected chi connectivity index (χ2v) is 6.75. The van der Waals surface area contributed by atoms with Crippen molar-refractivity contribution in [3.8, 4) is 34.0 Å². The third-order valence-corrected chi connectivity index (χ3v) is 5.34. The molecule has 0 fully saturated rings. The zero-order valence-electron chi connectivity index (χ0n) is 14.6. The lowest BCUT2D eigenvalue weighted by Crippen LogP contribution is -2.21. The summed E-state index contributed by atoms with van der Waals surface area (Å²) in [5.41, 5.74) is 8.62. The van der Waals surface area contributed by atoms with Crippen LogP contribution in [0.5, 0.6) is 17.4 Å². The summed E-state index contributed by atoms with van der Waals surface area (Å²) in [5.74, 6) is 0.991. The lowest BCUT2D eigenvalue weighted by Gasteiger charge is -2.25. The van der Waals surface area contributed by atoms with Crippen LogP contribution in [-0.2, 0) is 0 Å². The number of rotatable bonds is 4. The van der Waals surface area contributed by atoms with Crippen molar-refractivity contribution in [2.75, 3.05) is 14.2 Å². The van der Waals surface area contributed by atoms with Crippen molar-refractivity contribution in [3.05, 3.63) is 58.3 Å². The first-order valence-corrected chi connectivity index (χ1v) is 8.98. The average Bonchev–Trinajstić information content (AvgIpc) is 3.35. The van der Waals surface area contributed by atoms with Crippen molar-refractivity contribution in [3.63, 3.8) is 0 Å². The molecule has 0 saturated heterocycles. The number of para-hydroxylation sites is 1. The minimum atomic E-state index is -0.500. The van der Waals surface area contributed by atoms with E-state index in [2.05, 4.69) is 16.3 Å². The van der Waals surface area contributed by atoms with Gasteiger partial charge in [0.1, 0.15) is 11.6 Å². The Morgan fingerprint density at radius 2 is 2.11 bits per heavy atom. The van der Waals surface area contributed by atoms with Crippen molar-refractivity contribution in [2.24, 2.45) is 5.73 Å². The SMILES string of the molecule is COc1cccc(C2C(C#N)=C(N)Oc3n[nH]c(-c4cccs4)c32)c1OC. The fourth-order valence-electron chi connectivity index (χ4n) is 3.30. The molecule has 0 amide bonds. The van der Waals surface area contributed by atoms with E-state index in [0.717, 1.165) is 21.7 Å². The summed E-state index contributed by atoms with van der Waals surface area (Å²) in [6.07, 6.45) is 0. The molecule has 1 unspecified atom stereocenters. The fraction of sp³-hybridized carbons (Fsp3) is 0.158. The molecule has 4 rings (SSSR count). The minimum absolute atomic E-state index is 0.0316. The molecule has 0 bridgehead atoms. The smallest absolute Gasteiger partial charge is 0.244 e. The van der Waals surface area contributed by atoms with Crippen LogP contribution < -0.4 is 19.9 Å². The highest BCUT2D eigenvalue weighted by molar-refractivity contribution is 7.13. The molecule has 1 aliphatic rings. The molecule has 3 heterocycles. The number of aromatic amines is 1. The van der Waals surface area contributed by atoms with Gasteiger partial charge in [0.25, 0.3) is 0 Å². The minimum Gasteiger partial charge on any atom is -0.493 e. The van der Waals surface area contributed by atoms with Gasteiger partial charge in [-0.1, -0.05) is 18.2 Å². The van der Waals surface area contributed by atoms with Crippen LogP contribution >= 0.6 is 11.3 Å². The molecule has 0 saturated carbocycles. The highest BCUT2D eigenvalue weighted by Crippen LogP contribution is 2.49. The molecule has 1 aliphatic heterocycles. The Bertz CT molecular complexity index is 1060. The lowest BCUT2D eigenvalue weighted by atomic mass is 9.83. The molecule has 1 atom stereocenters. The topological polar surface area (TPSA) is 106 Å². The van der Waals surface area contributed by atoms with E-state index in [-0.39, 0.29) is 5.88 Å². The van der Waals surface area contributed by atoms with Gasteiger partial charge in [-0.3, -0.25) is 5.10 Å². The fourth-order valence-corrected chi connectivity index (χ4v) is 4.04. The Hall–Kier alpha value is -3.44. The van der Waals surface area contributed by atoms with Gasteiger partial charge in [-0.2, -0.15) is 5.26 Å². The monoisotopic (exact) mass is 380 g/mol. The Morgan fingerprint density at radius 1 is 1.26 bits per heavy atom. The molecule has 3 aromatic rings. The standard InChI is InChI=1S/C19H16N4O3S/c1-24-12-6-3-5-10(17(12)25-2)14-11(9-20)18(21)26-19-15(14)16(22-23-19)13-7-4-8-27-13/h3-8,14H,21H2,1-2H3,(H,22,23). The molecule has 0 aliphatic carbocycles. The summed E-state index contributed by atoms with van der Waals surface area (Å²) in [5, 5.41) is 19.1. The van der Waals surface area contributed by atoms with E-state index in [1.165, 1.54) is 0 Å². The van der Waals surface area contributed by atoms with Crippen LogP contribution in [0.1, 0.15) is 17.0 Å². The number of nitrogens with one attached hydrogen (secondary N) is 1. The zero-order valence-corrected chi connectivity index (χ0v) is 15.5. The largest absolute Gasteiger partial charge is 0.493 e. The van der Waals surface area contributed by atoms with Crippen LogP contribution in [0.15, 0.2) is 47.2 Å². The molecule has 0 radical (unpaired) electrons. The maximum Gasteiger partial charge on any atom is 0.244 e. The molecule has 0 spiro atoms. The van der Waals surface area contributed by atoms with Crippen molar-refractivity contribution < 1.29 is 14.2 Å². The van der Waals surface area contributed by atoms with Crippen LogP contribution in [0.3, 0.4) is 0 Å². The Kier molecular flexibility index (Phi) is 4.22. The number of nitriles is 1. The van der Waals surface area contributed by atoms with E-state index >= 15 is 0 Å². The summed E-state index contributed by atoms with van der Waals surface area (Å²) >= 11 is 1.56. The molecular formula is C19H16N4O3S. The van der Waals surface area contributed by atoms with E-state index in [4.69, 9.17) is 19.9 Å². The number of ether oxygens (including phenoxy) is 3. The van der Waals surface area contributed by atoms with Gasteiger partial charge in [0.15, 0.2) is 11.5 Å². The summed E-state index contributed by atoms with van der Waals surface area (Å²) < 4.78 is 16.7. The highest BCUT2D eigenvalue weighted by Gasteiger charge is 2.37. The van der Waals surface area contributed by atoms with E-state index in [0.29, 0.717) is 23.0 Å². The molecule has 1 aromatic carbocycles. The first-order valence-electron chi connectivity index (χ1n) is 8.10. The summed E-state index contributed by atoms with van der Waals surface area (Å²) in [7, 11) is 3.14. The Morgan fingerprint density at radius 3 is 2.78 bits per heavy atom. The van der Waals surface area contributed by atoms with Crippen molar-refractivity contribution in [2.45, 2.75) is 5.92 Å². The van der Waals surface area contributed by atoms with Gasteiger partial charge in [0, 0.05) is 5.56 Å². The van der Waals surface area contributed by atoms with Gasteiger partial charge in [-0.25, -0.2) is 0 Å². The number of hydrogen-bond acceptors (Lipinski definition) is 7. The van der Waals surface area contributed by atoms with E-state index in [1.54, 1.807) is 31.6 Å². The van der Waals surface area contributed by atoms with Gasteiger partial charge in [0.05, 0.1) is 36.3 Å². The maximum atomic E-state index is 9.80. The molecule has 7 nitrogen and oxygen atoms in total. The maximum absolute atomic E-state index is 9.80. The van der Waals surface area contributed by atoms with Gasteiger partial charge in [0.2, 0.25) is 11.8 Å². The number of thiophene rings is 1. The second kappa shape index (κ2) is 6.70.